The second kappa shape index (κ2) is 12.1. The minimum atomic E-state index is -0.325. The minimum Gasteiger partial charge on any atom is -0.345 e. The number of nitrogens with one attached hydrogen (secondary N) is 2. The molecule has 0 aliphatic rings. The van der Waals surface area contributed by atoms with E-state index in [1.165, 1.54) is 11.8 Å². The summed E-state index contributed by atoms with van der Waals surface area (Å²) < 4.78 is 2.64. The molecule has 4 aromatic rings. The van der Waals surface area contributed by atoms with E-state index in [0.717, 1.165) is 38.1 Å². The standard InChI is InChI=1S/C28H27BrClN5O2S/c1-16-5-7-18(3)23(11-16)32-26(36)15-38-28-34-33-25(35(28)24-12-17(2)6-8-19(24)4)14-31-27(37)21-13-20(29)9-10-22(21)30/h5-13H,14-15H2,1-4H3,(H,31,37)(H,32,36). The molecule has 10 heteroatoms. The number of carbonyl (C=O) groups excluding carboxylic acids is 2. The third-order valence-electron chi connectivity index (χ3n) is 5.89. The van der Waals surface area contributed by atoms with E-state index in [9.17, 15) is 9.59 Å². The fourth-order valence-corrected chi connectivity index (χ4v) is 5.15. The maximum atomic E-state index is 12.9. The molecule has 0 saturated carbocycles. The lowest BCUT2D eigenvalue weighted by molar-refractivity contribution is -0.113. The average Bonchev–Trinajstić information content (AvgIpc) is 3.29. The van der Waals surface area contributed by atoms with Gasteiger partial charge in [0.1, 0.15) is 0 Å². The van der Waals surface area contributed by atoms with Crippen LogP contribution < -0.4 is 10.6 Å². The Labute approximate surface area is 239 Å². The van der Waals surface area contributed by atoms with E-state index in [1.54, 1.807) is 18.2 Å². The van der Waals surface area contributed by atoms with Crippen LogP contribution in [0.15, 0.2) is 64.2 Å². The predicted octanol–water partition coefficient (Wildman–Crippen LogP) is 6.58. The van der Waals surface area contributed by atoms with Crippen LogP contribution in [0.25, 0.3) is 5.69 Å². The van der Waals surface area contributed by atoms with Crippen LogP contribution in [0.4, 0.5) is 5.69 Å². The highest BCUT2D eigenvalue weighted by Gasteiger charge is 2.19. The zero-order valence-corrected chi connectivity index (χ0v) is 24.6. The molecule has 0 aliphatic heterocycles. The van der Waals surface area contributed by atoms with Gasteiger partial charge in [-0.05, 0) is 80.3 Å². The Morgan fingerprint density at radius 2 is 1.66 bits per heavy atom. The molecule has 38 heavy (non-hydrogen) atoms. The maximum Gasteiger partial charge on any atom is 0.253 e. The number of anilines is 1. The van der Waals surface area contributed by atoms with E-state index in [4.69, 9.17) is 11.6 Å². The average molecular weight is 613 g/mol. The Morgan fingerprint density at radius 1 is 0.947 bits per heavy atom. The molecule has 3 aromatic carbocycles. The third-order valence-corrected chi connectivity index (χ3v) is 7.64. The zero-order valence-electron chi connectivity index (χ0n) is 21.4. The molecule has 2 N–H and O–H groups in total. The lowest BCUT2D eigenvalue weighted by atomic mass is 10.1. The van der Waals surface area contributed by atoms with Crippen LogP contribution in [0.1, 0.15) is 38.4 Å². The van der Waals surface area contributed by atoms with E-state index in [0.29, 0.717) is 21.6 Å². The van der Waals surface area contributed by atoms with E-state index in [1.807, 2.05) is 68.7 Å². The van der Waals surface area contributed by atoms with Crippen molar-refractivity contribution in [2.24, 2.45) is 0 Å². The topological polar surface area (TPSA) is 88.9 Å². The van der Waals surface area contributed by atoms with Gasteiger partial charge in [-0.2, -0.15) is 0 Å². The molecule has 1 aromatic heterocycles. The fourth-order valence-electron chi connectivity index (χ4n) is 3.82. The van der Waals surface area contributed by atoms with Gasteiger partial charge in [-0.1, -0.05) is 63.6 Å². The molecule has 0 bridgehead atoms. The lowest BCUT2D eigenvalue weighted by Crippen LogP contribution is -2.25. The Hall–Kier alpha value is -3.14. The number of carbonyl (C=O) groups is 2. The smallest absolute Gasteiger partial charge is 0.253 e. The number of aryl methyl sites for hydroxylation is 4. The number of thioether (sulfide) groups is 1. The molecule has 0 atom stereocenters. The Balaban J connectivity index is 1.57. The van der Waals surface area contributed by atoms with Crippen LogP contribution >= 0.6 is 39.3 Å². The summed E-state index contributed by atoms with van der Waals surface area (Å²) in [7, 11) is 0. The van der Waals surface area contributed by atoms with Crippen molar-refractivity contribution in [1.29, 1.82) is 0 Å². The Kier molecular flexibility index (Phi) is 8.91. The monoisotopic (exact) mass is 611 g/mol. The maximum absolute atomic E-state index is 12.9. The van der Waals surface area contributed by atoms with Gasteiger partial charge in [-0.3, -0.25) is 14.2 Å². The number of benzene rings is 3. The van der Waals surface area contributed by atoms with Crippen molar-refractivity contribution in [3.05, 3.63) is 97.7 Å². The molecule has 0 aliphatic carbocycles. The SMILES string of the molecule is Cc1ccc(C)c(NC(=O)CSc2nnc(CNC(=O)c3cc(Br)ccc3Cl)n2-c2cc(C)ccc2C)c1. The largest absolute Gasteiger partial charge is 0.345 e. The summed E-state index contributed by atoms with van der Waals surface area (Å²) in [5, 5.41) is 15.5. The van der Waals surface area contributed by atoms with Crippen molar-refractivity contribution in [3.8, 4) is 5.69 Å². The summed E-state index contributed by atoms with van der Waals surface area (Å²) >= 11 is 10.9. The molecule has 0 saturated heterocycles. The van der Waals surface area contributed by atoms with Gasteiger partial charge in [0.05, 0.1) is 28.6 Å². The quantitative estimate of drug-likeness (QED) is 0.220. The normalized spacial score (nSPS) is 10.9. The number of aromatic nitrogens is 3. The van der Waals surface area contributed by atoms with Crippen molar-refractivity contribution in [2.45, 2.75) is 39.4 Å². The summed E-state index contributed by atoms with van der Waals surface area (Å²) in [6.07, 6.45) is 0. The van der Waals surface area contributed by atoms with Crippen LogP contribution in [-0.4, -0.2) is 32.3 Å². The van der Waals surface area contributed by atoms with Gasteiger partial charge in [0.25, 0.3) is 5.91 Å². The van der Waals surface area contributed by atoms with Crippen molar-refractivity contribution >= 4 is 56.8 Å². The van der Waals surface area contributed by atoms with Crippen molar-refractivity contribution in [2.75, 3.05) is 11.1 Å². The first-order valence-corrected chi connectivity index (χ1v) is 14.0. The van der Waals surface area contributed by atoms with Gasteiger partial charge in [-0.15, -0.1) is 10.2 Å². The number of nitrogens with zero attached hydrogens (tertiary/aromatic N) is 3. The molecule has 2 amide bonds. The Morgan fingerprint density at radius 3 is 2.42 bits per heavy atom. The number of rotatable bonds is 8. The van der Waals surface area contributed by atoms with Crippen LogP contribution in [0.3, 0.4) is 0 Å². The van der Waals surface area contributed by atoms with E-state index >= 15 is 0 Å². The molecule has 196 valence electrons. The van der Waals surface area contributed by atoms with E-state index < -0.39 is 0 Å². The molecule has 0 fully saturated rings. The predicted molar refractivity (Wildman–Crippen MR) is 156 cm³/mol. The van der Waals surface area contributed by atoms with Crippen molar-refractivity contribution in [1.82, 2.24) is 20.1 Å². The van der Waals surface area contributed by atoms with Crippen molar-refractivity contribution in [3.63, 3.8) is 0 Å². The van der Waals surface area contributed by atoms with Crippen molar-refractivity contribution < 1.29 is 9.59 Å². The van der Waals surface area contributed by atoms with Gasteiger partial charge in [0.2, 0.25) is 5.91 Å². The first-order valence-electron chi connectivity index (χ1n) is 11.9. The lowest BCUT2D eigenvalue weighted by Gasteiger charge is -2.14. The Bertz CT molecular complexity index is 1520. The highest BCUT2D eigenvalue weighted by molar-refractivity contribution is 9.10. The van der Waals surface area contributed by atoms with Crippen LogP contribution in [-0.2, 0) is 11.3 Å². The molecule has 0 spiro atoms. The number of halogens is 2. The highest BCUT2D eigenvalue weighted by Crippen LogP contribution is 2.26. The number of amides is 2. The third kappa shape index (κ3) is 6.64. The number of hydrogen-bond acceptors (Lipinski definition) is 5. The molecule has 1 heterocycles. The summed E-state index contributed by atoms with van der Waals surface area (Å²) in [6.45, 7) is 8.08. The van der Waals surface area contributed by atoms with E-state index in [-0.39, 0.29) is 24.1 Å². The molecule has 4 rings (SSSR count). The molecule has 0 radical (unpaired) electrons. The second-order valence-electron chi connectivity index (χ2n) is 8.99. The molecule has 7 nitrogen and oxygen atoms in total. The summed E-state index contributed by atoms with van der Waals surface area (Å²) in [5.41, 5.74) is 6.19. The second-order valence-corrected chi connectivity index (χ2v) is 11.3. The van der Waals surface area contributed by atoms with Crippen LogP contribution in [0, 0.1) is 27.7 Å². The molecule has 0 unspecified atom stereocenters. The summed E-state index contributed by atoms with van der Waals surface area (Å²) in [4.78, 5) is 25.7. The molecular formula is C28H27BrClN5O2S. The van der Waals surface area contributed by atoms with Gasteiger partial charge in [-0.25, -0.2) is 0 Å². The first-order chi connectivity index (χ1) is 18.1. The summed E-state index contributed by atoms with van der Waals surface area (Å²) in [5.74, 6) is 0.221. The van der Waals surface area contributed by atoms with Gasteiger partial charge >= 0.3 is 0 Å². The van der Waals surface area contributed by atoms with Gasteiger partial charge in [0, 0.05) is 10.2 Å². The first kappa shape index (κ1) is 27.9. The van der Waals surface area contributed by atoms with Crippen LogP contribution in [0.2, 0.25) is 5.02 Å². The van der Waals surface area contributed by atoms with Crippen LogP contribution in [0.5, 0.6) is 0 Å². The minimum absolute atomic E-state index is 0.122. The summed E-state index contributed by atoms with van der Waals surface area (Å²) in [6, 6.07) is 17.1. The number of hydrogen-bond donors (Lipinski definition) is 2. The fraction of sp³-hybridized carbons (Fsp3) is 0.214. The molecular weight excluding hydrogens is 586 g/mol. The zero-order chi connectivity index (χ0) is 27.4. The van der Waals surface area contributed by atoms with Gasteiger partial charge < -0.3 is 10.6 Å². The van der Waals surface area contributed by atoms with E-state index in [2.05, 4.69) is 36.8 Å². The van der Waals surface area contributed by atoms with Gasteiger partial charge in [0.15, 0.2) is 11.0 Å². The highest BCUT2D eigenvalue weighted by atomic mass is 79.9.